The third kappa shape index (κ3) is 6.46. The average Bonchev–Trinajstić information content (AvgIpc) is 3.03. The van der Waals surface area contributed by atoms with Gasteiger partial charge in [-0.25, -0.2) is 4.79 Å². The van der Waals surface area contributed by atoms with E-state index in [1.165, 1.54) is 21.0 Å². The van der Waals surface area contributed by atoms with Crippen molar-refractivity contribution in [3.8, 4) is 0 Å². The van der Waals surface area contributed by atoms with Crippen molar-refractivity contribution in [3.63, 3.8) is 0 Å². The highest BCUT2D eigenvalue weighted by Gasteiger charge is 2.68. The van der Waals surface area contributed by atoms with Gasteiger partial charge in [-0.1, -0.05) is 56.5 Å². The van der Waals surface area contributed by atoms with Gasteiger partial charge >= 0.3 is 5.97 Å². The van der Waals surface area contributed by atoms with Gasteiger partial charge in [-0.05, 0) is 32.6 Å². The number of aliphatic hydroxyl groups excluding tert-OH is 1. The fourth-order valence-electron chi connectivity index (χ4n) is 5.13. The lowest BCUT2D eigenvalue weighted by Gasteiger charge is -2.45. The lowest BCUT2D eigenvalue weighted by atomic mass is 9.68. The normalized spacial score (nSPS) is 29.8. The summed E-state index contributed by atoms with van der Waals surface area (Å²) in [7, 11) is 1.18. The van der Waals surface area contributed by atoms with Crippen LogP contribution in [0.25, 0.3) is 0 Å². The number of thioether (sulfide) groups is 1. The highest BCUT2D eigenvalue weighted by Crippen LogP contribution is 2.46. The molecular weight excluding hydrogens is 472 g/mol. The lowest BCUT2D eigenvalue weighted by molar-refractivity contribution is -0.144. The van der Waals surface area contributed by atoms with Gasteiger partial charge in [0, 0.05) is 18.6 Å². The molecule has 2 aliphatic rings. The third-order valence-electron chi connectivity index (χ3n) is 7.17. The second-order valence-corrected chi connectivity index (χ2v) is 10.7. The number of unbranched alkanes of at least 4 members (excludes halogenated alkanes) is 3. The Kier molecular flexibility index (Phi) is 10.8. The number of amides is 2. The second-order valence-electron chi connectivity index (χ2n) is 9.69. The molecular formula is C25H40N2O7S. The number of aliphatic hydroxyl groups is 2. The number of ether oxygens (including phenoxy) is 1. The summed E-state index contributed by atoms with van der Waals surface area (Å²) in [5.41, 5.74) is -3.83. The van der Waals surface area contributed by atoms with Crippen LogP contribution in [0.15, 0.2) is 12.2 Å². The van der Waals surface area contributed by atoms with Crippen LogP contribution in [0.3, 0.4) is 0 Å². The van der Waals surface area contributed by atoms with Gasteiger partial charge in [0.25, 0.3) is 0 Å². The van der Waals surface area contributed by atoms with Crippen molar-refractivity contribution in [2.24, 2.45) is 11.8 Å². The van der Waals surface area contributed by atoms with Crippen molar-refractivity contribution in [1.29, 1.82) is 0 Å². The van der Waals surface area contributed by atoms with Gasteiger partial charge in [0.2, 0.25) is 16.9 Å². The molecule has 6 atom stereocenters. The summed E-state index contributed by atoms with van der Waals surface area (Å²) < 4.78 is 4.72. The van der Waals surface area contributed by atoms with E-state index in [2.05, 4.69) is 17.6 Å². The molecule has 1 aliphatic heterocycles. The van der Waals surface area contributed by atoms with Crippen LogP contribution in [0.4, 0.5) is 0 Å². The standard InChI is InChI=1S/C25H40N2O7S/c1-5-6-7-11-14-18-21(30)27-25(24(18,3)33,20(29)17-12-9-8-10-13-17)23(32)35-15-19(22(31)34-4)26-16(2)28/h9,12,17-20,29,33H,5-8,10-11,13-15H2,1-4H3,(H,26,28)(H,27,30)/t17-,18+,19?,20?,24+,25+/m1/s1. The van der Waals surface area contributed by atoms with Crippen LogP contribution in [-0.2, 0) is 23.9 Å². The van der Waals surface area contributed by atoms with Crippen LogP contribution < -0.4 is 10.6 Å². The van der Waals surface area contributed by atoms with Gasteiger partial charge in [0.1, 0.15) is 11.6 Å². The molecule has 2 amide bonds. The third-order valence-corrected chi connectivity index (χ3v) is 8.25. The second kappa shape index (κ2) is 12.9. The summed E-state index contributed by atoms with van der Waals surface area (Å²) in [6.45, 7) is 4.76. The van der Waals surface area contributed by atoms with E-state index in [0.29, 0.717) is 31.0 Å². The quantitative estimate of drug-likeness (QED) is 0.176. The number of nitrogens with one attached hydrogen (secondary N) is 2. The number of hydrogen-bond donors (Lipinski definition) is 4. The summed E-state index contributed by atoms with van der Waals surface area (Å²) in [6.07, 6.45) is 8.72. The summed E-state index contributed by atoms with van der Waals surface area (Å²) in [4.78, 5) is 50.5. The van der Waals surface area contributed by atoms with Crippen molar-refractivity contribution in [2.45, 2.75) is 95.4 Å². The molecule has 0 spiro atoms. The zero-order chi connectivity index (χ0) is 26.2. The maximum atomic E-state index is 13.8. The molecule has 4 N–H and O–H groups in total. The number of hydrogen-bond acceptors (Lipinski definition) is 8. The number of rotatable bonds is 12. The van der Waals surface area contributed by atoms with Gasteiger partial charge in [-0.15, -0.1) is 0 Å². The maximum absolute atomic E-state index is 13.8. The Labute approximate surface area is 211 Å². The SMILES string of the molecule is CCCCCC[C@H]1C(=O)N[C@](C(=O)SCC(NC(C)=O)C(=O)OC)(C(O)[C@@H]2C=CCCC2)[C@@]1(C)O. The van der Waals surface area contributed by atoms with Gasteiger partial charge in [-0.2, -0.15) is 0 Å². The minimum Gasteiger partial charge on any atom is -0.467 e. The first-order valence-electron chi connectivity index (χ1n) is 12.4. The molecule has 0 saturated carbocycles. The average molecular weight is 513 g/mol. The van der Waals surface area contributed by atoms with E-state index in [-0.39, 0.29) is 5.75 Å². The van der Waals surface area contributed by atoms with Crippen LogP contribution in [0, 0.1) is 11.8 Å². The van der Waals surface area contributed by atoms with Crippen molar-refractivity contribution in [1.82, 2.24) is 10.6 Å². The summed E-state index contributed by atoms with van der Waals surface area (Å²) in [6, 6.07) is -1.10. The number of carbonyl (C=O) groups is 4. The highest BCUT2D eigenvalue weighted by atomic mass is 32.2. The van der Waals surface area contributed by atoms with Crippen molar-refractivity contribution < 1.29 is 34.1 Å². The van der Waals surface area contributed by atoms with Crippen LogP contribution in [0.5, 0.6) is 0 Å². The predicted molar refractivity (Wildman–Crippen MR) is 133 cm³/mol. The molecule has 0 aromatic heterocycles. The number of methoxy groups -OCH3 is 1. The van der Waals surface area contributed by atoms with Gasteiger partial charge in [-0.3, -0.25) is 14.4 Å². The Morgan fingerprint density at radius 1 is 1.31 bits per heavy atom. The first-order chi connectivity index (χ1) is 16.5. The first-order valence-corrected chi connectivity index (χ1v) is 13.4. The molecule has 10 heteroatoms. The Morgan fingerprint density at radius 2 is 2.03 bits per heavy atom. The molecule has 0 radical (unpaired) electrons. The molecule has 0 aromatic carbocycles. The molecule has 1 aliphatic carbocycles. The number of esters is 1. The smallest absolute Gasteiger partial charge is 0.329 e. The van der Waals surface area contributed by atoms with E-state index in [1.54, 1.807) is 0 Å². The number of allylic oxidation sites excluding steroid dienone is 1. The lowest BCUT2D eigenvalue weighted by Crippen LogP contribution is -2.69. The fourth-order valence-corrected chi connectivity index (χ4v) is 6.27. The van der Waals surface area contributed by atoms with E-state index < -0.39 is 58.0 Å². The van der Waals surface area contributed by atoms with E-state index >= 15 is 0 Å². The minimum atomic E-state index is -1.96. The van der Waals surface area contributed by atoms with E-state index in [4.69, 9.17) is 4.74 Å². The summed E-state index contributed by atoms with van der Waals surface area (Å²) >= 11 is 0.684. The zero-order valence-electron chi connectivity index (χ0n) is 21.2. The topological polar surface area (TPSA) is 142 Å². The van der Waals surface area contributed by atoms with Gasteiger partial charge < -0.3 is 25.6 Å². The van der Waals surface area contributed by atoms with Crippen LogP contribution in [-0.4, -0.2) is 69.3 Å². The largest absolute Gasteiger partial charge is 0.467 e. The predicted octanol–water partition coefficient (Wildman–Crippen LogP) is 1.85. The molecule has 1 saturated heterocycles. The Morgan fingerprint density at radius 3 is 2.60 bits per heavy atom. The molecule has 35 heavy (non-hydrogen) atoms. The Balaban J connectivity index is 2.37. The van der Waals surface area contributed by atoms with Gasteiger partial charge in [0.05, 0.1) is 19.1 Å². The van der Waals surface area contributed by atoms with Crippen molar-refractivity contribution in [2.75, 3.05) is 12.9 Å². The minimum absolute atomic E-state index is 0.173. The van der Waals surface area contributed by atoms with E-state index in [9.17, 15) is 29.4 Å². The molecule has 9 nitrogen and oxygen atoms in total. The van der Waals surface area contributed by atoms with Crippen LogP contribution >= 0.6 is 11.8 Å². The molecule has 198 valence electrons. The molecule has 1 heterocycles. The molecule has 2 unspecified atom stereocenters. The molecule has 0 aromatic rings. The molecule has 2 rings (SSSR count). The molecule has 0 bridgehead atoms. The zero-order valence-corrected chi connectivity index (χ0v) is 22.0. The van der Waals surface area contributed by atoms with Crippen LogP contribution in [0.1, 0.15) is 72.1 Å². The van der Waals surface area contributed by atoms with E-state index in [0.717, 1.165) is 32.1 Å². The number of carbonyl (C=O) groups excluding carboxylic acids is 4. The fraction of sp³-hybridized carbons (Fsp3) is 0.760. The van der Waals surface area contributed by atoms with E-state index in [1.807, 2.05) is 12.2 Å². The monoisotopic (exact) mass is 512 g/mol. The van der Waals surface area contributed by atoms with Crippen molar-refractivity contribution >= 4 is 34.7 Å². The maximum Gasteiger partial charge on any atom is 0.329 e. The summed E-state index contributed by atoms with van der Waals surface area (Å²) in [5, 5.41) is 27.8. The van der Waals surface area contributed by atoms with Crippen molar-refractivity contribution in [3.05, 3.63) is 12.2 Å². The Hall–Kier alpha value is -1.91. The first kappa shape index (κ1) is 29.3. The highest BCUT2D eigenvalue weighted by molar-refractivity contribution is 8.13. The van der Waals surface area contributed by atoms with Gasteiger partial charge in [0.15, 0.2) is 5.54 Å². The molecule has 1 fully saturated rings. The Bertz CT molecular complexity index is 816. The van der Waals surface area contributed by atoms with Crippen LogP contribution in [0.2, 0.25) is 0 Å². The summed E-state index contributed by atoms with van der Waals surface area (Å²) in [5.74, 6) is -3.12.